The zero-order valence-electron chi connectivity index (χ0n) is 10.7. The topological polar surface area (TPSA) is 42.7 Å². The molecule has 1 aromatic rings. The highest BCUT2D eigenvalue weighted by Crippen LogP contribution is 2.14. The molecule has 1 heterocycles. The second-order valence-corrected chi connectivity index (χ2v) is 5.96. The minimum Gasteiger partial charge on any atom is -0.312 e. The molecule has 5 heteroatoms. The molecule has 1 aromatic heterocycles. The van der Waals surface area contributed by atoms with Crippen molar-refractivity contribution >= 4 is 11.8 Å². The van der Waals surface area contributed by atoms with Crippen LogP contribution in [-0.2, 0) is 7.05 Å². The molecule has 1 rings (SSSR count). The lowest BCUT2D eigenvalue weighted by Crippen LogP contribution is -2.36. The van der Waals surface area contributed by atoms with Crippen LogP contribution in [0.4, 0.5) is 0 Å². The number of rotatable bonds is 6. The molecule has 0 unspecified atom stereocenters. The number of nitrogens with one attached hydrogen (secondary N) is 1. The average molecular weight is 242 g/mol. The van der Waals surface area contributed by atoms with Gasteiger partial charge < -0.3 is 5.32 Å². The van der Waals surface area contributed by atoms with E-state index >= 15 is 0 Å². The Hall–Kier alpha value is -0.550. The van der Waals surface area contributed by atoms with Gasteiger partial charge in [-0.05, 0) is 40.2 Å². The molecule has 0 aliphatic heterocycles. The first-order chi connectivity index (χ1) is 7.49. The number of aryl methyl sites for hydroxylation is 1. The first-order valence-corrected chi connectivity index (χ1v) is 6.69. The van der Waals surface area contributed by atoms with Crippen LogP contribution in [0.1, 0.15) is 33.6 Å². The summed E-state index contributed by atoms with van der Waals surface area (Å²) >= 11 is 1.77. The smallest absolute Gasteiger partial charge is 0.185 e. The summed E-state index contributed by atoms with van der Waals surface area (Å²) in [7, 11) is 1.93. The third-order valence-corrected chi connectivity index (χ3v) is 3.25. The molecule has 0 spiro atoms. The SMILES string of the molecule is Cn1ncnc1SCCCCNC(C)(C)C. The van der Waals surface area contributed by atoms with Gasteiger partial charge in [0.1, 0.15) is 6.33 Å². The predicted octanol–water partition coefficient (Wildman–Crippen LogP) is 2.08. The summed E-state index contributed by atoms with van der Waals surface area (Å²) in [5.41, 5.74) is 0.233. The maximum atomic E-state index is 4.17. The van der Waals surface area contributed by atoms with Crippen molar-refractivity contribution < 1.29 is 0 Å². The quantitative estimate of drug-likeness (QED) is 0.612. The van der Waals surface area contributed by atoms with E-state index in [1.165, 1.54) is 12.8 Å². The summed E-state index contributed by atoms with van der Waals surface area (Å²) < 4.78 is 1.82. The molecule has 0 fully saturated rings. The molecule has 0 aromatic carbocycles. The Balaban J connectivity index is 2.03. The molecule has 0 aliphatic rings. The molecule has 0 amide bonds. The molecule has 0 aliphatic carbocycles. The van der Waals surface area contributed by atoms with Crippen molar-refractivity contribution in [3.05, 3.63) is 6.33 Å². The van der Waals surface area contributed by atoms with Gasteiger partial charge in [-0.2, -0.15) is 5.10 Å². The Morgan fingerprint density at radius 1 is 1.38 bits per heavy atom. The van der Waals surface area contributed by atoms with Crippen LogP contribution < -0.4 is 5.32 Å². The van der Waals surface area contributed by atoms with E-state index in [4.69, 9.17) is 0 Å². The second kappa shape index (κ2) is 6.25. The molecule has 0 saturated carbocycles. The number of nitrogens with zero attached hydrogens (tertiary/aromatic N) is 3. The maximum Gasteiger partial charge on any atom is 0.185 e. The largest absolute Gasteiger partial charge is 0.312 e. The van der Waals surface area contributed by atoms with E-state index in [0.717, 1.165) is 17.5 Å². The first-order valence-electron chi connectivity index (χ1n) is 5.71. The molecule has 92 valence electrons. The van der Waals surface area contributed by atoms with Crippen LogP contribution in [0.15, 0.2) is 11.5 Å². The van der Waals surface area contributed by atoms with E-state index in [9.17, 15) is 0 Å². The Morgan fingerprint density at radius 3 is 2.69 bits per heavy atom. The molecule has 0 bridgehead atoms. The number of hydrogen-bond acceptors (Lipinski definition) is 4. The standard InChI is InChI=1S/C11H22N4S/c1-11(2,3)13-7-5-6-8-16-10-12-9-14-15(10)4/h9,13H,5-8H2,1-4H3. The Bertz CT molecular complexity index is 303. The summed E-state index contributed by atoms with van der Waals surface area (Å²) in [4.78, 5) is 4.17. The van der Waals surface area contributed by atoms with Gasteiger partial charge in [-0.15, -0.1) is 0 Å². The van der Waals surface area contributed by atoms with E-state index in [0.29, 0.717) is 0 Å². The minimum atomic E-state index is 0.233. The van der Waals surface area contributed by atoms with Crippen molar-refractivity contribution in [3.63, 3.8) is 0 Å². The van der Waals surface area contributed by atoms with Gasteiger partial charge in [-0.3, -0.25) is 0 Å². The van der Waals surface area contributed by atoms with Gasteiger partial charge in [0.15, 0.2) is 5.16 Å². The zero-order valence-corrected chi connectivity index (χ0v) is 11.5. The normalized spacial score (nSPS) is 12.0. The van der Waals surface area contributed by atoms with Crippen molar-refractivity contribution in [2.45, 2.75) is 44.3 Å². The second-order valence-electron chi connectivity index (χ2n) is 4.90. The fraction of sp³-hybridized carbons (Fsp3) is 0.818. The lowest BCUT2D eigenvalue weighted by atomic mass is 10.1. The van der Waals surface area contributed by atoms with Crippen molar-refractivity contribution in [1.29, 1.82) is 0 Å². The summed E-state index contributed by atoms with van der Waals surface area (Å²) in [6.45, 7) is 7.67. The molecule has 0 saturated heterocycles. The molecule has 1 N–H and O–H groups in total. The Morgan fingerprint density at radius 2 is 2.12 bits per heavy atom. The monoisotopic (exact) mass is 242 g/mol. The summed E-state index contributed by atoms with van der Waals surface area (Å²) in [5.74, 6) is 1.11. The zero-order chi connectivity index (χ0) is 12.0. The van der Waals surface area contributed by atoms with E-state index in [2.05, 4.69) is 36.2 Å². The maximum absolute atomic E-state index is 4.17. The van der Waals surface area contributed by atoms with Crippen molar-refractivity contribution in [2.75, 3.05) is 12.3 Å². The third-order valence-electron chi connectivity index (χ3n) is 2.13. The van der Waals surface area contributed by atoms with Gasteiger partial charge in [0, 0.05) is 18.3 Å². The van der Waals surface area contributed by atoms with Gasteiger partial charge in [-0.25, -0.2) is 9.67 Å². The summed E-state index contributed by atoms with van der Waals surface area (Å²) in [6.07, 6.45) is 4.02. The lowest BCUT2D eigenvalue weighted by molar-refractivity contribution is 0.421. The van der Waals surface area contributed by atoms with E-state index in [1.807, 2.05) is 11.7 Å². The van der Waals surface area contributed by atoms with Crippen LogP contribution in [0.3, 0.4) is 0 Å². The summed E-state index contributed by atoms with van der Waals surface area (Å²) in [5, 5.41) is 8.52. The van der Waals surface area contributed by atoms with E-state index in [-0.39, 0.29) is 5.54 Å². The van der Waals surface area contributed by atoms with E-state index < -0.39 is 0 Å². The molecule has 4 nitrogen and oxygen atoms in total. The highest BCUT2D eigenvalue weighted by Gasteiger charge is 2.07. The Labute approximate surface area is 102 Å². The fourth-order valence-corrected chi connectivity index (χ4v) is 2.16. The van der Waals surface area contributed by atoms with Gasteiger partial charge in [-0.1, -0.05) is 11.8 Å². The minimum absolute atomic E-state index is 0.233. The number of aromatic nitrogens is 3. The van der Waals surface area contributed by atoms with Crippen molar-refractivity contribution in [3.8, 4) is 0 Å². The van der Waals surface area contributed by atoms with Gasteiger partial charge in [0.2, 0.25) is 0 Å². The van der Waals surface area contributed by atoms with Crippen LogP contribution in [0.25, 0.3) is 0 Å². The number of thioether (sulfide) groups is 1. The average Bonchev–Trinajstić information content (AvgIpc) is 2.56. The van der Waals surface area contributed by atoms with Crippen molar-refractivity contribution in [2.24, 2.45) is 7.05 Å². The predicted molar refractivity (Wildman–Crippen MR) is 68.7 cm³/mol. The molecular weight excluding hydrogens is 220 g/mol. The number of hydrogen-bond donors (Lipinski definition) is 1. The van der Waals surface area contributed by atoms with Gasteiger partial charge >= 0.3 is 0 Å². The van der Waals surface area contributed by atoms with E-state index in [1.54, 1.807) is 18.1 Å². The molecule has 0 radical (unpaired) electrons. The lowest BCUT2D eigenvalue weighted by Gasteiger charge is -2.20. The summed E-state index contributed by atoms with van der Waals surface area (Å²) in [6, 6.07) is 0. The first kappa shape index (κ1) is 13.5. The molecular formula is C11H22N4S. The van der Waals surface area contributed by atoms with Crippen LogP contribution >= 0.6 is 11.8 Å². The van der Waals surface area contributed by atoms with Crippen LogP contribution in [-0.4, -0.2) is 32.6 Å². The third kappa shape index (κ3) is 5.51. The molecule has 16 heavy (non-hydrogen) atoms. The number of unbranched alkanes of at least 4 members (excludes halogenated alkanes) is 1. The highest BCUT2D eigenvalue weighted by atomic mass is 32.2. The van der Waals surface area contributed by atoms with Crippen LogP contribution in [0.5, 0.6) is 0 Å². The highest BCUT2D eigenvalue weighted by molar-refractivity contribution is 7.99. The van der Waals surface area contributed by atoms with Crippen LogP contribution in [0.2, 0.25) is 0 Å². The van der Waals surface area contributed by atoms with Crippen LogP contribution in [0, 0.1) is 0 Å². The fourth-order valence-electron chi connectivity index (χ4n) is 1.27. The van der Waals surface area contributed by atoms with Gasteiger partial charge in [0.25, 0.3) is 0 Å². The van der Waals surface area contributed by atoms with Gasteiger partial charge in [0.05, 0.1) is 0 Å². The van der Waals surface area contributed by atoms with Crippen molar-refractivity contribution in [1.82, 2.24) is 20.1 Å². The Kier molecular flexibility index (Phi) is 5.28. The molecule has 0 atom stereocenters.